The minimum absolute atomic E-state index is 0.117. The van der Waals surface area contributed by atoms with Crippen LogP contribution in [0.4, 0.5) is 5.69 Å². The third-order valence-corrected chi connectivity index (χ3v) is 3.40. The van der Waals surface area contributed by atoms with Crippen molar-refractivity contribution in [2.45, 2.75) is 13.8 Å². The number of hydrogen-bond donors (Lipinski definition) is 2. The third kappa shape index (κ3) is 3.86. The van der Waals surface area contributed by atoms with Crippen molar-refractivity contribution >= 4 is 29.2 Å². The van der Waals surface area contributed by atoms with E-state index in [1.165, 1.54) is 6.07 Å². The predicted molar refractivity (Wildman–Crippen MR) is 87.3 cm³/mol. The Kier molecular flexibility index (Phi) is 4.83. The normalized spacial score (nSPS) is 10.5. The molecule has 2 aromatic rings. The van der Waals surface area contributed by atoms with Gasteiger partial charge in [0.15, 0.2) is 0 Å². The fourth-order valence-corrected chi connectivity index (χ4v) is 2.04. The topological polar surface area (TPSA) is 66.4 Å². The fraction of sp³-hybridized carbons (Fsp3) is 0.176. The van der Waals surface area contributed by atoms with Crippen LogP contribution in [0.1, 0.15) is 24.2 Å². The molecule has 22 heavy (non-hydrogen) atoms. The lowest BCUT2D eigenvalue weighted by Crippen LogP contribution is -2.18. The largest absolute Gasteiger partial charge is 0.478 e. The number of rotatable bonds is 4. The minimum atomic E-state index is -1.05. The molecule has 114 valence electrons. The van der Waals surface area contributed by atoms with E-state index < -0.39 is 5.97 Å². The molecular formula is C17H16ClNO3. The lowest BCUT2D eigenvalue weighted by molar-refractivity contribution is -0.118. The first kappa shape index (κ1) is 16.0. The minimum Gasteiger partial charge on any atom is -0.478 e. The molecule has 2 aromatic carbocycles. The molecule has 0 unspecified atom stereocenters. The van der Waals surface area contributed by atoms with E-state index in [1.54, 1.807) is 50.2 Å². The molecule has 0 saturated carbocycles. The highest BCUT2D eigenvalue weighted by Gasteiger charge is 2.12. The molecule has 0 aromatic heterocycles. The van der Waals surface area contributed by atoms with Crippen LogP contribution in [-0.2, 0) is 4.79 Å². The molecule has 1 amide bonds. The Morgan fingerprint density at radius 1 is 1.05 bits per heavy atom. The number of benzene rings is 2. The molecule has 0 saturated heterocycles. The first-order chi connectivity index (χ1) is 10.4. The Labute approximate surface area is 133 Å². The monoisotopic (exact) mass is 317 g/mol. The van der Waals surface area contributed by atoms with Crippen LogP contribution in [0.25, 0.3) is 11.1 Å². The van der Waals surface area contributed by atoms with Crippen molar-refractivity contribution in [3.05, 3.63) is 53.1 Å². The maximum absolute atomic E-state index is 11.8. The number of anilines is 1. The van der Waals surface area contributed by atoms with Crippen molar-refractivity contribution < 1.29 is 14.7 Å². The van der Waals surface area contributed by atoms with E-state index in [1.807, 2.05) is 0 Å². The summed E-state index contributed by atoms with van der Waals surface area (Å²) in [6.45, 7) is 3.55. The molecule has 5 heteroatoms. The summed E-state index contributed by atoms with van der Waals surface area (Å²) in [5.41, 5.74) is 2.11. The summed E-state index contributed by atoms with van der Waals surface area (Å²) in [6.07, 6.45) is 0. The van der Waals surface area contributed by atoms with Crippen molar-refractivity contribution in [3.8, 4) is 11.1 Å². The summed E-state index contributed by atoms with van der Waals surface area (Å²) in [6, 6.07) is 11.8. The van der Waals surface area contributed by atoms with Gasteiger partial charge in [0.2, 0.25) is 5.91 Å². The summed E-state index contributed by atoms with van der Waals surface area (Å²) in [7, 11) is 0. The van der Waals surface area contributed by atoms with Crippen LogP contribution >= 0.6 is 11.6 Å². The molecule has 0 radical (unpaired) electrons. The van der Waals surface area contributed by atoms with Gasteiger partial charge >= 0.3 is 5.97 Å². The number of carboxylic acids is 1. The highest BCUT2D eigenvalue weighted by molar-refractivity contribution is 6.30. The van der Waals surface area contributed by atoms with Crippen LogP contribution in [0.3, 0.4) is 0 Å². The number of halogens is 1. The zero-order chi connectivity index (χ0) is 16.3. The van der Waals surface area contributed by atoms with Crippen LogP contribution in [0, 0.1) is 5.92 Å². The van der Waals surface area contributed by atoms with Crippen molar-refractivity contribution in [2.75, 3.05) is 5.32 Å². The highest BCUT2D eigenvalue weighted by Crippen LogP contribution is 2.26. The van der Waals surface area contributed by atoms with Crippen molar-refractivity contribution in [1.29, 1.82) is 0 Å². The van der Waals surface area contributed by atoms with Crippen molar-refractivity contribution in [3.63, 3.8) is 0 Å². The SMILES string of the molecule is CC(C)C(=O)Nc1cc(C(=O)O)cc(-c2ccc(Cl)cc2)c1. The number of amides is 1. The van der Waals surface area contributed by atoms with Gasteiger partial charge in [-0.05, 0) is 41.5 Å². The van der Waals surface area contributed by atoms with E-state index >= 15 is 0 Å². The van der Waals surface area contributed by atoms with Gasteiger partial charge in [-0.15, -0.1) is 0 Å². The number of carbonyl (C=O) groups excluding carboxylic acids is 1. The zero-order valence-electron chi connectivity index (χ0n) is 12.3. The van der Waals surface area contributed by atoms with Gasteiger partial charge in [0, 0.05) is 16.6 Å². The average molecular weight is 318 g/mol. The summed E-state index contributed by atoms with van der Waals surface area (Å²) in [5.74, 6) is -1.40. The van der Waals surface area contributed by atoms with Crippen molar-refractivity contribution in [2.24, 2.45) is 5.92 Å². The molecule has 0 aliphatic heterocycles. The smallest absolute Gasteiger partial charge is 0.335 e. The van der Waals surface area contributed by atoms with Crippen LogP contribution in [0.2, 0.25) is 5.02 Å². The lowest BCUT2D eigenvalue weighted by atomic mass is 10.0. The van der Waals surface area contributed by atoms with E-state index in [0.717, 1.165) is 5.56 Å². The number of carbonyl (C=O) groups is 2. The quantitative estimate of drug-likeness (QED) is 0.883. The van der Waals surface area contributed by atoms with Crippen LogP contribution in [0.5, 0.6) is 0 Å². The molecule has 0 heterocycles. The molecule has 0 fully saturated rings. The highest BCUT2D eigenvalue weighted by atomic mass is 35.5. The van der Waals surface area contributed by atoms with Gasteiger partial charge in [-0.1, -0.05) is 37.6 Å². The summed E-state index contributed by atoms with van der Waals surface area (Å²) in [4.78, 5) is 23.1. The molecular weight excluding hydrogens is 302 g/mol. The van der Waals surface area contributed by atoms with E-state index in [2.05, 4.69) is 5.32 Å². The van der Waals surface area contributed by atoms with Crippen molar-refractivity contribution in [1.82, 2.24) is 0 Å². The maximum Gasteiger partial charge on any atom is 0.335 e. The van der Waals surface area contributed by atoms with Gasteiger partial charge in [-0.3, -0.25) is 4.79 Å². The second kappa shape index (κ2) is 6.62. The summed E-state index contributed by atoms with van der Waals surface area (Å²) in [5, 5.41) is 12.6. The number of carboxylic acid groups (broad SMARTS) is 1. The number of nitrogens with one attached hydrogen (secondary N) is 1. The summed E-state index contributed by atoms with van der Waals surface area (Å²) < 4.78 is 0. The molecule has 2 rings (SSSR count). The lowest BCUT2D eigenvalue weighted by Gasteiger charge is -2.11. The fourth-order valence-electron chi connectivity index (χ4n) is 1.92. The second-order valence-corrected chi connectivity index (χ2v) is 5.69. The molecule has 0 aliphatic carbocycles. The Morgan fingerprint density at radius 2 is 1.68 bits per heavy atom. The number of hydrogen-bond acceptors (Lipinski definition) is 2. The third-order valence-electron chi connectivity index (χ3n) is 3.15. The Balaban J connectivity index is 2.45. The van der Waals surface area contributed by atoms with Gasteiger partial charge in [-0.25, -0.2) is 4.79 Å². The standard InChI is InChI=1S/C17H16ClNO3/c1-10(2)16(20)19-15-8-12(7-13(9-15)17(21)22)11-3-5-14(18)6-4-11/h3-10H,1-2H3,(H,19,20)(H,21,22). The zero-order valence-corrected chi connectivity index (χ0v) is 13.0. The number of aromatic carboxylic acids is 1. The summed E-state index contributed by atoms with van der Waals surface area (Å²) >= 11 is 5.86. The molecule has 0 bridgehead atoms. The van der Waals surface area contributed by atoms with E-state index in [9.17, 15) is 14.7 Å². The van der Waals surface area contributed by atoms with Crippen LogP contribution < -0.4 is 5.32 Å². The van der Waals surface area contributed by atoms with E-state index in [-0.39, 0.29) is 17.4 Å². The van der Waals surface area contributed by atoms with Gasteiger partial charge in [-0.2, -0.15) is 0 Å². The first-order valence-corrected chi connectivity index (χ1v) is 7.20. The second-order valence-electron chi connectivity index (χ2n) is 5.26. The molecule has 0 atom stereocenters. The Morgan fingerprint density at radius 3 is 2.23 bits per heavy atom. The molecule has 0 spiro atoms. The Hall–Kier alpha value is -2.33. The first-order valence-electron chi connectivity index (χ1n) is 6.82. The molecule has 4 nitrogen and oxygen atoms in total. The van der Waals surface area contributed by atoms with E-state index in [0.29, 0.717) is 16.3 Å². The van der Waals surface area contributed by atoms with Crippen LogP contribution in [0.15, 0.2) is 42.5 Å². The van der Waals surface area contributed by atoms with Crippen LogP contribution in [-0.4, -0.2) is 17.0 Å². The van der Waals surface area contributed by atoms with Gasteiger partial charge in [0.25, 0.3) is 0 Å². The molecule has 2 N–H and O–H groups in total. The Bertz CT molecular complexity index is 708. The van der Waals surface area contributed by atoms with E-state index in [4.69, 9.17) is 11.6 Å². The predicted octanol–water partition coefficient (Wildman–Crippen LogP) is 4.30. The van der Waals surface area contributed by atoms with Gasteiger partial charge in [0.05, 0.1) is 5.56 Å². The van der Waals surface area contributed by atoms with Gasteiger partial charge in [0.1, 0.15) is 0 Å². The molecule has 0 aliphatic rings. The maximum atomic E-state index is 11.8. The average Bonchev–Trinajstić information content (AvgIpc) is 2.47. The van der Waals surface area contributed by atoms with Gasteiger partial charge < -0.3 is 10.4 Å².